The number of hydrogen-bond acceptors (Lipinski definition) is 0. The van der Waals surface area contributed by atoms with Gasteiger partial charge in [0.05, 0.1) is 0 Å². The fraction of sp³-hybridized carbons (Fsp3) is 0.0909. The van der Waals surface area contributed by atoms with E-state index in [0.717, 1.165) is 0 Å². The van der Waals surface area contributed by atoms with Gasteiger partial charge < -0.3 is 0 Å². The van der Waals surface area contributed by atoms with E-state index in [9.17, 15) is 0 Å². The van der Waals surface area contributed by atoms with Gasteiger partial charge in [-0.25, -0.2) is 0 Å². The number of allylic oxidation sites excluding steroid dienone is 1. The highest BCUT2D eigenvalue weighted by atomic mass is 14.0. The summed E-state index contributed by atoms with van der Waals surface area (Å²) in [5, 5.41) is 0. The lowest BCUT2D eigenvalue weighted by molar-refractivity contribution is 1.47. The monoisotopic (exact) mass is 284 g/mol. The molecule has 0 radical (unpaired) electrons. The van der Waals surface area contributed by atoms with Crippen LogP contribution in [-0.4, -0.2) is 0 Å². The smallest absolute Gasteiger partial charge is 0.0184 e. The minimum absolute atomic E-state index is 1.24. The van der Waals surface area contributed by atoms with Gasteiger partial charge in [0.2, 0.25) is 0 Å². The molecule has 0 heterocycles. The lowest BCUT2D eigenvalue weighted by Gasteiger charge is -2.06. The maximum Gasteiger partial charge on any atom is -0.0184 e. The zero-order chi connectivity index (χ0) is 15.4. The topological polar surface area (TPSA) is 0 Å². The van der Waals surface area contributed by atoms with E-state index in [1.54, 1.807) is 0 Å². The molecule has 0 aliphatic carbocycles. The fourth-order valence-electron chi connectivity index (χ4n) is 2.55. The van der Waals surface area contributed by atoms with E-state index < -0.39 is 0 Å². The SMILES string of the molecule is C/C(=C/c1ccccc1)c1ccc(-c2ccc(C)cc2)cc1. The average molecular weight is 284 g/mol. The van der Waals surface area contributed by atoms with Crippen molar-refractivity contribution in [3.05, 3.63) is 95.6 Å². The zero-order valence-corrected chi connectivity index (χ0v) is 13.1. The van der Waals surface area contributed by atoms with Crippen molar-refractivity contribution in [3.8, 4) is 11.1 Å². The first-order valence-electron chi connectivity index (χ1n) is 7.63. The van der Waals surface area contributed by atoms with Crippen molar-refractivity contribution < 1.29 is 0 Å². The van der Waals surface area contributed by atoms with Gasteiger partial charge in [0.15, 0.2) is 0 Å². The number of benzene rings is 3. The molecule has 3 aromatic carbocycles. The molecule has 0 spiro atoms. The highest BCUT2D eigenvalue weighted by molar-refractivity contribution is 5.81. The summed E-state index contributed by atoms with van der Waals surface area (Å²) in [5.74, 6) is 0. The summed E-state index contributed by atoms with van der Waals surface area (Å²) in [6.07, 6.45) is 2.22. The van der Waals surface area contributed by atoms with Crippen molar-refractivity contribution in [1.82, 2.24) is 0 Å². The molecule has 0 aliphatic heterocycles. The van der Waals surface area contributed by atoms with Gasteiger partial charge in [-0.1, -0.05) is 90.5 Å². The molecule has 0 heteroatoms. The van der Waals surface area contributed by atoms with Crippen LogP contribution in [0.3, 0.4) is 0 Å². The van der Waals surface area contributed by atoms with Crippen molar-refractivity contribution >= 4 is 11.6 Å². The van der Waals surface area contributed by atoms with Crippen molar-refractivity contribution in [2.45, 2.75) is 13.8 Å². The molecule has 0 N–H and O–H groups in total. The Morgan fingerprint density at radius 1 is 0.682 bits per heavy atom. The van der Waals surface area contributed by atoms with Gasteiger partial charge in [-0.2, -0.15) is 0 Å². The van der Waals surface area contributed by atoms with E-state index in [-0.39, 0.29) is 0 Å². The fourth-order valence-corrected chi connectivity index (χ4v) is 2.55. The lowest BCUT2D eigenvalue weighted by atomic mass is 9.99. The maximum absolute atomic E-state index is 2.22. The maximum atomic E-state index is 2.22. The van der Waals surface area contributed by atoms with Crippen LogP contribution in [0.2, 0.25) is 0 Å². The second-order valence-electron chi connectivity index (χ2n) is 5.68. The van der Waals surface area contributed by atoms with Crippen LogP contribution in [-0.2, 0) is 0 Å². The molecule has 0 unspecified atom stereocenters. The first-order chi connectivity index (χ1) is 10.7. The third-order valence-corrected chi connectivity index (χ3v) is 3.91. The van der Waals surface area contributed by atoms with Crippen LogP contribution in [0.1, 0.15) is 23.6 Å². The molecule has 0 amide bonds. The summed E-state index contributed by atoms with van der Waals surface area (Å²) >= 11 is 0. The Morgan fingerprint density at radius 3 is 1.82 bits per heavy atom. The predicted octanol–water partition coefficient (Wildman–Crippen LogP) is 6.22. The third kappa shape index (κ3) is 3.35. The second kappa shape index (κ2) is 6.44. The van der Waals surface area contributed by atoms with Gasteiger partial charge >= 0.3 is 0 Å². The summed E-state index contributed by atoms with van der Waals surface area (Å²) < 4.78 is 0. The van der Waals surface area contributed by atoms with Gasteiger partial charge in [0.1, 0.15) is 0 Å². The molecule has 0 aromatic heterocycles. The van der Waals surface area contributed by atoms with Gasteiger partial charge in [-0.15, -0.1) is 0 Å². The van der Waals surface area contributed by atoms with Crippen LogP contribution in [0.15, 0.2) is 78.9 Å². The van der Waals surface area contributed by atoms with E-state index in [1.807, 2.05) is 6.07 Å². The van der Waals surface area contributed by atoms with Crippen molar-refractivity contribution in [2.24, 2.45) is 0 Å². The largest absolute Gasteiger partial charge is 0.0622 e. The minimum atomic E-state index is 1.24. The van der Waals surface area contributed by atoms with E-state index in [2.05, 4.69) is 92.7 Å². The highest BCUT2D eigenvalue weighted by Crippen LogP contribution is 2.23. The van der Waals surface area contributed by atoms with E-state index in [4.69, 9.17) is 0 Å². The van der Waals surface area contributed by atoms with Gasteiger partial charge in [0.25, 0.3) is 0 Å². The molecule has 0 fully saturated rings. The lowest BCUT2D eigenvalue weighted by Crippen LogP contribution is -1.83. The highest BCUT2D eigenvalue weighted by Gasteiger charge is 2.00. The summed E-state index contributed by atoms with van der Waals surface area (Å²) in [4.78, 5) is 0. The Labute approximate surface area is 132 Å². The average Bonchev–Trinajstić information content (AvgIpc) is 2.57. The quantitative estimate of drug-likeness (QED) is 0.501. The molecule has 108 valence electrons. The molecule has 3 aromatic rings. The summed E-state index contributed by atoms with van der Waals surface area (Å²) in [7, 11) is 0. The van der Waals surface area contributed by atoms with Crippen molar-refractivity contribution in [2.75, 3.05) is 0 Å². The van der Waals surface area contributed by atoms with Crippen LogP contribution in [0.4, 0.5) is 0 Å². The molecular formula is C22H20. The standard InChI is InChI=1S/C22H20/c1-17-8-10-21(11-9-17)22-14-12-20(13-15-22)18(2)16-19-6-4-3-5-7-19/h3-16H,1-2H3/b18-16-. The molecular weight excluding hydrogens is 264 g/mol. The third-order valence-electron chi connectivity index (χ3n) is 3.91. The molecule has 0 saturated carbocycles. The Kier molecular flexibility index (Phi) is 4.20. The summed E-state index contributed by atoms with van der Waals surface area (Å²) in [6.45, 7) is 4.28. The van der Waals surface area contributed by atoms with Crippen LogP contribution < -0.4 is 0 Å². The Hall–Kier alpha value is -2.60. The van der Waals surface area contributed by atoms with Crippen molar-refractivity contribution in [3.63, 3.8) is 0 Å². The Bertz CT molecular complexity index is 761. The predicted molar refractivity (Wildman–Crippen MR) is 96.6 cm³/mol. The molecule has 0 bridgehead atoms. The van der Waals surface area contributed by atoms with Gasteiger partial charge in [-0.05, 0) is 41.7 Å². The number of hydrogen-bond donors (Lipinski definition) is 0. The summed E-state index contributed by atoms with van der Waals surface area (Å²) in [6, 6.07) is 27.9. The Morgan fingerprint density at radius 2 is 1.23 bits per heavy atom. The normalized spacial score (nSPS) is 11.5. The van der Waals surface area contributed by atoms with Gasteiger partial charge in [-0.3, -0.25) is 0 Å². The summed E-state index contributed by atoms with van der Waals surface area (Å²) in [5.41, 5.74) is 7.60. The molecule has 0 nitrogen and oxygen atoms in total. The van der Waals surface area contributed by atoms with E-state index in [0.29, 0.717) is 0 Å². The minimum Gasteiger partial charge on any atom is -0.0622 e. The first-order valence-corrected chi connectivity index (χ1v) is 7.63. The van der Waals surface area contributed by atoms with Crippen LogP contribution in [0.25, 0.3) is 22.8 Å². The molecule has 0 aliphatic rings. The Balaban J connectivity index is 1.85. The van der Waals surface area contributed by atoms with Crippen LogP contribution in [0.5, 0.6) is 0 Å². The van der Waals surface area contributed by atoms with E-state index in [1.165, 1.54) is 33.4 Å². The second-order valence-corrected chi connectivity index (χ2v) is 5.68. The number of rotatable bonds is 3. The first kappa shape index (κ1) is 14.3. The van der Waals surface area contributed by atoms with Crippen LogP contribution in [0, 0.1) is 6.92 Å². The van der Waals surface area contributed by atoms with Gasteiger partial charge in [0, 0.05) is 0 Å². The molecule has 0 atom stereocenters. The van der Waals surface area contributed by atoms with Crippen LogP contribution >= 0.6 is 0 Å². The van der Waals surface area contributed by atoms with Crippen molar-refractivity contribution in [1.29, 1.82) is 0 Å². The number of aryl methyl sites for hydroxylation is 1. The van der Waals surface area contributed by atoms with E-state index >= 15 is 0 Å². The molecule has 22 heavy (non-hydrogen) atoms. The molecule has 0 saturated heterocycles. The zero-order valence-electron chi connectivity index (χ0n) is 13.1. The molecule has 3 rings (SSSR count).